The smallest absolute Gasteiger partial charge is 0.362 e. The maximum absolute atomic E-state index is 14.3. The summed E-state index contributed by atoms with van der Waals surface area (Å²) in [5.41, 5.74) is 1.10. The SMILES string of the molecule is O=C(CC(F)(F)F)N1CC2(C1)OCc1cc(C3=NSC(c4cc(Cl)cc(Cl)c4)(C(F)(F)F)C3)ccc12. The van der Waals surface area contributed by atoms with Gasteiger partial charge in [0.1, 0.15) is 12.0 Å². The molecule has 1 saturated heterocycles. The van der Waals surface area contributed by atoms with Crippen molar-refractivity contribution in [1.29, 1.82) is 0 Å². The van der Waals surface area contributed by atoms with Crippen LogP contribution in [0.2, 0.25) is 10.0 Å². The number of alkyl halides is 6. The highest BCUT2D eigenvalue weighted by Gasteiger charge is 2.60. The monoisotopic (exact) mass is 568 g/mol. The second kappa shape index (κ2) is 8.54. The van der Waals surface area contributed by atoms with Crippen LogP contribution in [0.1, 0.15) is 35.1 Å². The van der Waals surface area contributed by atoms with E-state index < -0.39 is 41.4 Å². The molecule has 0 bridgehead atoms. The number of carbonyl (C=O) groups is 1. The van der Waals surface area contributed by atoms with Gasteiger partial charge in [0.15, 0.2) is 4.75 Å². The van der Waals surface area contributed by atoms with Crippen LogP contribution in [-0.2, 0) is 26.5 Å². The van der Waals surface area contributed by atoms with Crippen molar-refractivity contribution in [2.75, 3.05) is 13.1 Å². The summed E-state index contributed by atoms with van der Waals surface area (Å²) in [6.45, 7) is 0.0920. The van der Waals surface area contributed by atoms with Crippen LogP contribution in [0.25, 0.3) is 0 Å². The van der Waals surface area contributed by atoms with E-state index in [1.165, 1.54) is 18.2 Å². The lowest BCUT2D eigenvalue weighted by Gasteiger charge is -2.47. The van der Waals surface area contributed by atoms with Gasteiger partial charge in [0.05, 0.1) is 25.4 Å². The zero-order valence-electron chi connectivity index (χ0n) is 18.1. The molecule has 4 nitrogen and oxygen atoms in total. The molecule has 2 aromatic rings. The van der Waals surface area contributed by atoms with E-state index in [0.717, 1.165) is 4.90 Å². The van der Waals surface area contributed by atoms with Crippen molar-refractivity contribution in [2.45, 2.75) is 42.1 Å². The number of fused-ring (bicyclic) bond motifs is 2. The third-order valence-electron chi connectivity index (χ3n) is 6.55. The van der Waals surface area contributed by atoms with E-state index in [0.29, 0.717) is 28.6 Å². The Bertz CT molecular complexity index is 1260. The minimum atomic E-state index is -4.65. The average molecular weight is 569 g/mol. The summed E-state index contributed by atoms with van der Waals surface area (Å²) >= 11 is 12.4. The van der Waals surface area contributed by atoms with Crippen LogP contribution < -0.4 is 0 Å². The summed E-state index contributed by atoms with van der Waals surface area (Å²) in [7, 11) is 0. The van der Waals surface area contributed by atoms with Gasteiger partial charge < -0.3 is 9.64 Å². The maximum Gasteiger partial charge on any atom is 0.409 e. The van der Waals surface area contributed by atoms with Gasteiger partial charge in [0, 0.05) is 16.5 Å². The predicted molar refractivity (Wildman–Crippen MR) is 123 cm³/mol. The topological polar surface area (TPSA) is 41.9 Å². The van der Waals surface area contributed by atoms with E-state index in [4.69, 9.17) is 27.9 Å². The fourth-order valence-electron chi connectivity index (χ4n) is 4.77. The first-order valence-corrected chi connectivity index (χ1v) is 12.1. The fraction of sp³-hybridized carbons (Fsp3) is 0.391. The minimum absolute atomic E-state index is 0.0161. The number of hydrogen-bond acceptors (Lipinski definition) is 4. The Hall–Kier alpha value is -1.95. The Morgan fingerprint density at radius 1 is 1.06 bits per heavy atom. The number of halogens is 8. The second-order valence-corrected chi connectivity index (χ2v) is 10.9. The zero-order valence-corrected chi connectivity index (χ0v) is 20.5. The first-order chi connectivity index (χ1) is 16.7. The molecule has 0 N–H and O–H groups in total. The lowest BCUT2D eigenvalue weighted by Crippen LogP contribution is -2.61. The number of carbonyl (C=O) groups excluding carboxylic acids is 1. The van der Waals surface area contributed by atoms with Gasteiger partial charge in [0.2, 0.25) is 5.91 Å². The largest absolute Gasteiger partial charge is 0.409 e. The van der Waals surface area contributed by atoms with E-state index in [1.54, 1.807) is 18.2 Å². The molecule has 3 heterocycles. The average Bonchev–Trinajstić information content (AvgIpc) is 3.33. The molecule has 0 aromatic heterocycles. The summed E-state index contributed by atoms with van der Waals surface area (Å²) in [5, 5.41) is 0.164. The number of amides is 1. The molecule has 3 aliphatic rings. The first kappa shape index (κ1) is 25.7. The maximum atomic E-state index is 14.3. The number of nitrogens with zero attached hydrogens (tertiary/aromatic N) is 2. The first-order valence-electron chi connectivity index (χ1n) is 10.6. The van der Waals surface area contributed by atoms with Gasteiger partial charge in [0.25, 0.3) is 0 Å². The van der Waals surface area contributed by atoms with Gasteiger partial charge >= 0.3 is 12.4 Å². The third kappa shape index (κ3) is 4.37. The lowest BCUT2D eigenvalue weighted by molar-refractivity contribution is -0.185. The lowest BCUT2D eigenvalue weighted by atomic mass is 9.83. The van der Waals surface area contributed by atoms with Crippen LogP contribution >= 0.6 is 35.1 Å². The molecule has 0 radical (unpaired) electrons. The van der Waals surface area contributed by atoms with Crippen molar-refractivity contribution in [1.82, 2.24) is 4.90 Å². The molecular weight excluding hydrogens is 553 g/mol. The van der Waals surface area contributed by atoms with Gasteiger partial charge in [-0.1, -0.05) is 35.3 Å². The second-order valence-electron chi connectivity index (χ2n) is 8.99. The third-order valence-corrected chi connectivity index (χ3v) is 8.22. The zero-order chi connectivity index (χ0) is 26.1. The molecular formula is C23H16Cl2F6N2O2S. The van der Waals surface area contributed by atoms with Gasteiger partial charge in [-0.25, -0.2) is 4.40 Å². The molecule has 0 saturated carbocycles. The summed E-state index contributed by atoms with van der Waals surface area (Å²) in [6.07, 6.45) is -11.2. The number of ether oxygens (including phenoxy) is 1. The molecule has 1 spiro atoms. The molecule has 1 atom stereocenters. The Labute approximate surface area is 215 Å². The quantitative estimate of drug-likeness (QED) is 0.301. The highest BCUT2D eigenvalue weighted by Crippen LogP contribution is 2.57. The predicted octanol–water partition coefficient (Wildman–Crippen LogP) is 6.81. The van der Waals surface area contributed by atoms with E-state index in [-0.39, 0.29) is 41.0 Å². The molecule has 1 amide bonds. The molecule has 5 rings (SSSR count). The highest BCUT2D eigenvalue weighted by molar-refractivity contribution is 7.99. The van der Waals surface area contributed by atoms with Gasteiger partial charge in [-0.3, -0.25) is 4.79 Å². The van der Waals surface area contributed by atoms with Crippen molar-refractivity contribution in [3.05, 3.63) is 68.7 Å². The van der Waals surface area contributed by atoms with Crippen molar-refractivity contribution >= 4 is 46.8 Å². The van der Waals surface area contributed by atoms with E-state index in [2.05, 4.69) is 4.40 Å². The van der Waals surface area contributed by atoms with Crippen molar-refractivity contribution in [3.8, 4) is 0 Å². The number of likely N-dealkylation sites (tertiary alicyclic amines) is 1. The normalized spacial score (nSPS) is 23.0. The van der Waals surface area contributed by atoms with E-state index in [9.17, 15) is 31.1 Å². The van der Waals surface area contributed by atoms with Gasteiger partial charge in [-0.2, -0.15) is 26.3 Å². The van der Waals surface area contributed by atoms with E-state index in [1.807, 2.05) is 0 Å². The van der Waals surface area contributed by atoms with Crippen LogP contribution in [-0.4, -0.2) is 42.0 Å². The molecule has 1 unspecified atom stereocenters. The van der Waals surface area contributed by atoms with Crippen LogP contribution in [0.3, 0.4) is 0 Å². The number of benzene rings is 2. The number of hydrogen-bond donors (Lipinski definition) is 0. The molecule has 192 valence electrons. The fourth-order valence-corrected chi connectivity index (χ4v) is 6.26. The molecule has 0 aliphatic carbocycles. The molecule has 36 heavy (non-hydrogen) atoms. The van der Waals surface area contributed by atoms with Crippen LogP contribution in [0.4, 0.5) is 26.3 Å². The van der Waals surface area contributed by atoms with Crippen molar-refractivity contribution in [2.24, 2.45) is 4.40 Å². The molecule has 13 heteroatoms. The van der Waals surface area contributed by atoms with Crippen molar-refractivity contribution < 1.29 is 35.9 Å². The summed E-state index contributed by atoms with van der Waals surface area (Å²) in [6, 6.07) is 8.80. The van der Waals surface area contributed by atoms with Gasteiger partial charge in [-0.15, -0.1) is 0 Å². The minimum Gasteiger partial charge on any atom is -0.362 e. The Morgan fingerprint density at radius 2 is 1.72 bits per heavy atom. The highest BCUT2D eigenvalue weighted by atomic mass is 35.5. The standard InChI is InChI=1S/C23H16Cl2F6N2O2S/c24-15-4-14(5-16(25)6-15)21(23(29,30)31)7-18(32-36-21)12-1-2-17-13(3-12)9-35-20(17)10-33(11-20)19(34)8-22(26,27)28/h1-6H,7-11H2. The Kier molecular flexibility index (Phi) is 6.09. The Morgan fingerprint density at radius 3 is 2.33 bits per heavy atom. The van der Waals surface area contributed by atoms with Crippen LogP contribution in [0.15, 0.2) is 40.8 Å². The number of rotatable bonds is 3. The van der Waals surface area contributed by atoms with Crippen molar-refractivity contribution in [3.63, 3.8) is 0 Å². The summed E-state index contributed by atoms with van der Waals surface area (Å²) in [5.74, 6) is -1.02. The van der Waals surface area contributed by atoms with E-state index >= 15 is 0 Å². The summed E-state index contributed by atoms with van der Waals surface area (Å²) in [4.78, 5) is 12.9. The summed E-state index contributed by atoms with van der Waals surface area (Å²) < 4.78 is 88.2. The Balaban J connectivity index is 1.37. The molecule has 3 aliphatic heterocycles. The van der Waals surface area contributed by atoms with Crippen LogP contribution in [0.5, 0.6) is 0 Å². The molecule has 1 fully saturated rings. The van der Waals surface area contributed by atoms with Gasteiger partial charge in [-0.05, 0) is 58.5 Å². The van der Waals surface area contributed by atoms with Crippen LogP contribution in [0, 0.1) is 0 Å². The molecule has 2 aromatic carbocycles.